The van der Waals surface area contributed by atoms with E-state index in [4.69, 9.17) is 0 Å². The molecule has 1 aliphatic heterocycles. The van der Waals surface area contributed by atoms with Gasteiger partial charge >= 0.3 is 0 Å². The molecule has 0 aromatic rings. The average molecular weight is 294 g/mol. The van der Waals surface area contributed by atoms with E-state index in [0.29, 0.717) is 23.3 Å². The van der Waals surface area contributed by atoms with Gasteiger partial charge in [0.15, 0.2) is 0 Å². The van der Waals surface area contributed by atoms with Crippen molar-refractivity contribution in [2.45, 2.75) is 97.8 Å². The van der Waals surface area contributed by atoms with Crippen molar-refractivity contribution in [2.24, 2.45) is 11.3 Å². The summed E-state index contributed by atoms with van der Waals surface area (Å²) in [6, 6.07) is 0.494. The van der Waals surface area contributed by atoms with Crippen molar-refractivity contribution in [3.8, 4) is 0 Å². The quantitative estimate of drug-likeness (QED) is 0.833. The van der Waals surface area contributed by atoms with E-state index in [1.165, 1.54) is 19.3 Å². The third kappa shape index (κ3) is 4.00. The molecule has 1 heterocycles. The molecule has 0 radical (unpaired) electrons. The number of hydrogen-bond donors (Lipinski definition) is 1. The molecule has 0 aromatic carbocycles. The second-order valence-electron chi connectivity index (χ2n) is 8.31. The molecule has 3 atom stereocenters. The number of carbonyl (C=O) groups excluding carboxylic acids is 1. The van der Waals surface area contributed by atoms with Gasteiger partial charge in [0.2, 0.25) is 5.91 Å². The van der Waals surface area contributed by atoms with Gasteiger partial charge < -0.3 is 4.90 Å². The van der Waals surface area contributed by atoms with Gasteiger partial charge in [-0.1, -0.05) is 47.5 Å². The second kappa shape index (κ2) is 6.68. The Morgan fingerprint density at radius 1 is 1.38 bits per heavy atom. The third-order valence-electron chi connectivity index (χ3n) is 5.12. The van der Waals surface area contributed by atoms with E-state index < -0.39 is 0 Å². The fraction of sp³-hybridized carbons (Fsp3) is 0.944. The highest BCUT2D eigenvalue weighted by Gasteiger charge is 2.44. The molecule has 0 aromatic heterocycles. The van der Waals surface area contributed by atoms with E-state index >= 15 is 0 Å². The van der Waals surface area contributed by atoms with Crippen LogP contribution in [0.1, 0.15) is 79.6 Å². The van der Waals surface area contributed by atoms with Crippen LogP contribution >= 0.6 is 0 Å². The van der Waals surface area contributed by atoms with Crippen molar-refractivity contribution < 1.29 is 4.79 Å². The lowest BCUT2D eigenvalue weighted by Crippen LogP contribution is -2.47. The monoisotopic (exact) mass is 294 g/mol. The maximum atomic E-state index is 12.9. The number of carbonyl (C=O) groups is 1. The number of nitrogens with one attached hydrogen (secondary N) is 1. The molecule has 122 valence electrons. The summed E-state index contributed by atoms with van der Waals surface area (Å²) < 4.78 is 0. The van der Waals surface area contributed by atoms with E-state index in [0.717, 1.165) is 25.7 Å². The zero-order valence-electron chi connectivity index (χ0n) is 14.6. The molecule has 2 fully saturated rings. The summed E-state index contributed by atoms with van der Waals surface area (Å²) in [6.07, 6.45) is 8.35. The van der Waals surface area contributed by atoms with Crippen LogP contribution in [-0.4, -0.2) is 29.1 Å². The third-order valence-corrected chi connectivity index (χ3v) is 5.12. The molecule has 1 aliphatic carbocycles. The van der Waals surface area contributed by atoms with Crippen LogP contribution in [0.4, 0.5) is 0 Å². The minimum atomic E-state index is 0.0478. The minimum absolute atomic E-state index is 0.0478. The summed E-state index contributed by atoms with van der Waals surface area (Å²) in [4.78, 5) is 15.1. The molecule has 0 spiro atoms. The Balaban J connectivity index is 2.12. The molecule has 1 amide bonds. The summed E-state index contributed by atoms with van der Waals surface area (Å²) in [5, 5.41) is 3.62. The maximum absolute atomic E-state index is 12.9. The van der Waals surface area contributed by atoms with Gasteiger partial charge in [-0.3, -0.25) is 10.1 Å². The Morgan fingerprint density at radius 2 is 2.10 bits per heavy atom. The fourth-order valence-corrected chi connectivity index (χ4v) is 4.18. The Morgan fingerprint density at radius 3 is 2.67 bits per heavy atom. The smallest absolute Gasteiger partial charge is 0.241 e. The maximum Gasteiger partial charge on any atom is 0.241 e. The van der Waals surface area contributed by atoms with Gasteiger partial charge in [0.25, 0.3) is 0 Å². The Labute approximate surface area is 130 Å². The number of amides is 1. The van der Waals surface area contributed by atoms with Gasteiger partial charge in [-0.2, -0.15) is 0 Å². The van der Waals surface area contributed by atoms with Crippen LogP contribution in [0, 0.1) is 11.3 Å². The highest BCUT2D eigenvalue weighted by atomic mass is 16.2. The molecule has 3 heteroatoms. The van der Waals surface area contributed by atoms with Crippen molar-refractivity contribution in [1.29, 1.82) is 0 Å². The molecule has 2 rings (SSSR count). The Kier molecular flexibility index (Phi) is 5.34. The molecular formula is C18H34N2O. The zero-order chi connectivity index (χ0) is 15.6. The SMILES string of the molecule is CCCC1NC(CC(C)C)C(=O)N1C1CCCC(C)(C)C1. The molecule has 2 aliphatic rings. The summed E-state index contributed by atoms with van der Waals surface area (Å²) in [5.41, 5.74) is 0.385. The standard InChI is InChI=1S/C18H34N2O/c1-6-8-16-19-15(11-13(2)3)17(21)20(16)14-9-7-10-18(4,5)12-14/h13-16,19H,6-12H2,1-5H3. The van der Waals surface area contributed by atoms with Gasteiger partial charge in [-0.25, -0.2) is 0 Å². The largest absolute Gasteiger partial charge is 0.323 e. The lowest BCUT2D eigenvalue weighted by Gasteiger charge is -2.41. The van der Waals surface area contributed by atoms with Crippen LogP contribution in [0.5, 0.6) is 0 Å². The van der Waals surface area contributed by atoms with Crippen LogP contribution in [0.25, 0.3) is 0 Å². The van der Waals surface area contributed by atoms with Gasteiger partial charge in [-0.05, 0) is 43.4 Å². The minimum Gasteiger partial charge on any atom is -0.323 e. The predicted octanol–water partition coefficient (Wildman–Crippen LogP) is 3.93. The summed E-state index contributed by atoms with van der Waals surface area (Å²) in [5.74, 6) is 0.932. The first-order chi connectivity index (χ1) is 9.84. The van der Waals surface area contributed by atoms with E-state index in [2.05, 4.69) is 44.8 Å². The van der Waals surface area contributed by atoms with E-state index in [9.17, 15) is 4.79 Å². The van der Waals surface area contributed by atoms with Crippen molar-refractivity contribution in [3.63, 3.8) is 0 Å². The lowest BCUT2D eigenvalue weighted by atomic mass is 9.74. The molecule has 1 saturated heterocycles. The van der Waals surface area contributed by atoms with E-state index in [-0.39, 0.29) is 12.2 Å². The molecule has 3 unspecified atom stereocenters. The first-order valence-corrected chi connectivity index (χ1v) is 8.92. The van der Waals surface area contributed by atoms with E-state index in [1.54, 1.807) is 0 Å². The van der Waals surface area contributed by atoms with E-state index in [1.807, 2.05) is 0 Å². The molecule has 3 nitrogen and oxygen atoms in total. The first kappa shape index (κ1) is 16.8. The summed E-state index contributed by atoms with van der Waals surface area (Å²) in [7, 11) is 0. The number of nitrogens with zero attached hydrogens (tertiary/aromatic N) is 1. The predicted molar refractivity (Wildman–Crippen MR) is 88.0 cm³/mol. The van der Waals surface area contributed by atoms with Crippen molar-refractivity contribution in [1.82, 2.24) is 10.2 Å². The van der Waals surface area contributed by atoms with Crippen LogP contribution < -0.4 is 5.32 Å². The molecule has 21 heavy (non-hydrogen) atoms. The zero-order valence-corrected chi connectivity index (χ0v) is 14.6. The summed E-state index contributed by atoms with van der Waals surface area (Å²) >= 11 is 0. The highest BCUT2D eigenvalue weighted by molar-refractivity contribution is 5.84. The molecule has 0 bridgehead atoms. The second-order valence-corrected chi connectivity index (χ2v) is 8.31. The van der Waals surface area contributed by atoms with Gasteiger partial charge in [0.05, 0.1) is 12.2 Å². The van der Waals surface area contributed by atoms with Crippen LogP contribution in [0.3, 0.4) is 0 Å². The highest BCUT2D eigenvalue weighted by Crippen LogP contribution is 2.39. The number of rotatable bonds is 5. The number of hydrogen-bond acceptors (Lipinski definition) is 2. The van der Waals surface area contributed by atoms with Crippen molar-refractivity contribution >= 4 is 5.91 Å². The normalized spacial score (nSPS) is 33.0. The molecule has 1 saturated carbocycles. The molecular weight excluding hydrogens is 260 g/mol. The fourth-order valence-electron chi connectivity index (χ4n) is 4.18. The van der Waals surface area contributed by atoms with Gasteiger partial charge in [0, 0.05) is 6.04 Å². The van der Waals surface area contributed by atoms with Crippen molar-refractivity contribution in [2.75, 3.05) is 0 Å². The van der Waals surface area contributed by atoms with Gasteiger partial charge in [0.1, 0.15) is 0 Å². The van der Waals surface area contributed by atoms with Crippen molar-refractivity contribution in [3.05, 3.63) is 0 Å². The van der Waals surface area contributed by atoms with Crippen LogP contribution in [0.2, 0.25) is 0 Å². The van der Waals surface area contributed by atoms with Crippen LogP contribution in [-0.2, 0) is 4.79 Å². The van der Waals surface area contributed by atoms with Gasteiger partial charge in [-0.15, -0.1) is 0 Å². The topological polar surface area (TPSA) is 32.3 Å². The Bertz CT molecular complexity index is 364. The summed E-state index contributed by atoms with van der Waals surface area (Å²) in [6.45, 7) is 11.3. The average Bonchev–Trinajstić information content (AvgIpc) is 2.64. The Hall–Kier alpha value is -0.570. The first-order valence-electron chi connectivity index (χ1n) is 8.92. The lowest BCUT2D eigenvalue weighted by molar-refractivity contribution is -0.134. The van der Waals surface area contributed by atoms with Crippen LogP contribution in [0.15, 0.2) is 0 Å². The molecule has 1 N–H and O–H groups in total.